The van der Waals surface area contributed by atoms with E-state index >= 15 is 0 Å². The van der Waals surface area contributed by atoms with Crippen LogP contribution in [0.3, 0.4) is 0 Å². The first-order valence-electron chi connectivity index (χ1n) is 4.41. The van der Waals surface area contributed by atoms with Crippen molar-refractivity contribution in [3.05, 3.63) is 12.7 Å². The second kappa shape index (κ2) is 5.34. The quantitative estimate of drug-likeness (QED) is 0.425. The highest BCUT2D eigenvalue weighted by molar-refractivity contribution is 4.85. The van der Waals surface area contributed by atoms with Crippen LogP contribution in [-0.2, 0) is 9.47 Å². The van der Waals surface area contributed by atoms with E-state index in [0.717, 1.165) is 0 Å². The highest BCUT2D eigenvalue weighted by Crippen LogP contribution is 2.20. The van der Waals surface area contributed by atoms with Crippen molar-refractivity contribution in [3.8, 4) is 0 Å². The normalized spacial score (nSPS) is 25.2. The fourth-order valence-electron chi connectivity index (χ4n) is 1.05. The summed E-state index contributed by atoms with van der Waals surface area (Å²) < 4.78 is 10.4. The largest absolute Gasteiger partial charge is 0.394 e. The van der Waals surface area contributed by atoms with Gasteiger partial charge in [0.2, 0.25) is 0 Å². The molecule has 0 amide bonds. The van der Waals surface area contributed by atoms with Gasteiger partial charge in [-0.3, -0.25) is 0 Å². The number of aliphatic hydroxyl groups excluding tert-OH is 2. The van der Waals surface area contributed by atoms with Crippen molar-refractivity contribution in [2.24, 2.45) is 0 Å². The molecule has 0 bridgehead atoms. The average molecular weight is 188 g/mol. The van der Waals surface area contributed by atoms with Crippen molar-refractivity contribution in [2.75, 3.05) is 19.8 Å². The van der Waals surface area contributed by atoms with E-state index < -0.39 is 6.10 Å². The van der Waals surface area contributed by atoms with Crippen molar-refractivity contribution in [2.45, 2.75) is 24.7 Å². The van der Waals surface area contributed by atoms with E-state index in [4.69, 9.17) is 19.7 Å². The summed E-state index contributed by atoms with van der Waals surface area (Å²) in [5.41, 5.74) is 0. The third-order valence-electron chi connectivity index (χ3n) is 1.89. The molecule has 13 heavy (non-hydrogen) atoms. The molecule has 4 heteroatoms. The molecule has 0 radical (unpaired) electrons. The van der Waals surface area contributed by atoms with Crippen LogP contribution >= 0.6 is 0 Å². The molecule has 0 saturated carbocycles. The monoisotopic (exact) mass is 188 g/mol. The first-order chi connectivity index (χ1) is 6.27. The number of aliphatic hydroxyl groups is 2. The summed E-state index contributed by atoms with van der Waals surface area (Å²) in [6, 6.07) is 0. The minimum Gasteiger partial charge on any atom is -0.394 e. The Bertz CT molecular complexity index is 156. The molecule has 0 aliphatic carbocycles. The van der Waals surface area contributed by atoms with Gasteiger partial charge in [0.25, 0.3) is 0 Å². The van der Waals surface area contributed by atoms with Crippen molar-refractivity contribution >= 4 is 0 Å². The zero-order valence-corrected chi connectivity index (χ0v) is 7.56. The summed E-state index contributed by atoms with van der Waals surface area (Å²) >= 11 is 0. The molecule has 0 aromatic carbocycles. The van der Waals surface area contributed by atoms with E-state index in [1.54, 1.807) is 6.08 Å². The van der Waals surface area contributed by atoms with E-state index in [1.807, 2.05) is 0 Å². The van der Waals surface area contributed by atoms with Crippen molar-refractivity contribution in [3.63, 3.8) is 0 Å². The van der Waals surface area contributed by atoms with Gasteiger partial charge < -0.3 is 19.7 Å². The fraction of sp³-hybridized carbons (Fsp3) is 0.778. The topological polar surface area (TPSA) is 62.2 Å². The van der Waals surface area contributed by atoms with Crippen LogP contribution < -0.4 is 0 Å². The van der Waals surface area contributed by atoms with Gasteiger partial charge >= 0.3 is 0 Å². The Balaban J connectivity index is 2.17. The number of hydrogen-bond donors (Lipinski definition) is 2. The first kappa shape index (κ1) is 10.7. The Kier molecular flexibility index (Phi) is 4.38. The van der Waals surface area contributed by atoms with Crippen LogP contribution in [0.5, 0.6) is 0 Å². The van der Waals surface area contributed by atoms with Crippen molar-refractivity contribution in [1.29, 1.82) is 0 Å². The van der Waals surface area contributed by atoms with Gasteiger partial charge in [0.1, 0.15) is 12.2 Å². The lowest BCUT2D eigenvalue weighted by Gasteiger charge is -2.15. The number of rotatable bonds is 7. The molecule has 3 atom stereocenters. The molecule has 0 spiro atoms. The molecule has 3 unspecified atom stereocenters. The predicted molar refractivity (Wildman–Crippen MR) is 47.4 cm³/mol. The predicted octanol–water partition coefficient (Wildman–Crippen LogP) is -0.300. The summed E-state index contributed by atoms with van der Waals surface area (Å²) in [7, 11) is 0. The van der Waals surface area contributed by atoms with Gasteiger partial charge in [-0.1, -0.05) is 6.08 Å². The highest BCUT2D eigenvalue weighted by Gasteiger charge is 2.32. The van der Waals surface area contributed by atoms with Gasteiger partial charge in [-0.05, 0) is 6.42 Å². The van der Waals surface area contributed by atoms with Gasteiger partial charge in [0.05, 0.1) is 25.9 Å². The van der Waals surface area contributed by atoms with E-state index in [1.165, 1.54) is 0 Å². The Labute approximate surface area is 77.8 Å². The first-order valence-corrected chi connectivity index (χ1v) is 4.41. The highest BCUT2D eigenvalue weighted by atomic mass is 16.6. The average Bonchev–Trinajstić information content (AvgIpc) is 2.94. The molecule has 1 fully saturated rings. The smallest absolute Gasteiger partial charge is 0.107 e. The molecule has 0 aromatic rings. The Morgan fingerprint density at radius 3 is 2.85 bits per heavy atom. The lowest BCUT2D eigenvalue weighted by atomic mass is 10.2. The number of epoxide rings is 1. The molecule has 1 rings (SSSR count). The van der Waals surface area contributed by atoms with Crippen LogP contribution in [0.15, 0.2) is 12.7 Å². The molecular formula is C9H16O4. The van der Waals surface area contributed by atoms with Crippen LogP contribution in [0.1, 0.15) is 6.42 Å². The molecule has 1 aliphatic rings. The molecule has 4 nitrogen and oxygen atoms in total. The molecule has 1 saturated heterocycles. The van der Waals surface area contributed by atoms with Crippen LogP contribution in [-0.4, -0.2) is 48.3 Å². The maximum atomic E-state index is 9.04. The van der Waals surface area contributed by atoms with Crippen LogP contribution in [0.4, 0.5) is 0 Å². The van der Waals surface area contributed by atoms with Gasteiger partial charge in [0, 0.05) is 0 Å². The molecule has 76 valence electrons. The minimum atomic E-state index is -0.800. The van der Waals surface area contributed by atoms with Gasteiger partial charge in [-0.15, -0.1) is 6.58 Å². The maximum Gasteiger partial charge on any atom is 0.107 e. The van der Waals surface area contributed by atoms with Crippen molar-refractivity contribution in [1.82, 2.24) is 0 Å². The summed E-state index contributed by atoms with van der Waals surface area (Å²) in [4.78, 5) is 0. The standard InChI is InChI=1S/C9H16O4/c1-2-3-8(9-6-13-9)12-5-7(11)4-10/h2,7-11H,1,3-6H2. The summed E-state index contributed by atoms with van der Waals surface area (Å²) in [5, 5.41) is 17.6. The van der Waals surface area contributed by atoms with Crippen LogP contribution in [0.2, 0.25) is 0 Å². The van der Waals surface area contributed by atoms with E-state index in [0.29, 0.717) is 13.0 Å². The Morgan fingerprint density at radius 2 is 2.38 bits per heavy atom. The lowest BCUT2D eigenvalue weighted by molar-refractivity contribution is -0.0357. The second-order valence-corrected chi connectivity index (χ2v) is 3.10. The lowest BCUT2D eigenvalue weighted by Crippen LogP contribution is -2.27. The Morgan fingerprint density at radius 1 is 1.69 bits per heavy atom. The molecular weight excluding hydrogens is 172 g/mol. The SMILES string of the molecule is C=CCC(OCC(O)CO)C1CO1. The Hall–Kier alpha value is -0.420. The third-order valence-corrected chi connectivity index (χ3v) is 1.89. The summed E-state index contributed by atoms with van der Waals surface area (Å²) in [6.45, 7) is 4.20. The molecule has 0 aromatic heterocycles. The maximum absolute atomic E-state index is 9.04. The second-order valence-electron chi connectivity index (χ2n) is 3.10. The number of ether oxygens (including phenoxy) is 2. The van der Waals surface area contributed by atoms with Crippen LogP contribution in [0, 0.1) is 0 Å². The van der Waals surface area contributed by atoms with Crippen LogP contribution in [0.25, 0.3) is 0 Å². The van der Waals surface area contributed by atoms with E-state index in [2.05, 4.69) is 6.58 Å². The van der Waals surface area contributed by atoms with Gasteiger partial charge in [-0.25, -0.2) is 0 Å². The zero-order valence-electron chi connectivity index (χ0n) is 7.56. The molecule has 2 N–H and O–H groups in total. The summed E-state index contributed by atoms with van der Waals surface area (Å²) in [5.74, 6) is 0. The molecule has 1 heterocycles. The minimum absolute atomic E-state index is 0.0290. The molecule has 1 aliphatic heterocycles. The fourth-order valence-corrected chi connectivity index (χ4v) is 1.05. The summed E-state index contributed by atoms with van der Waals surface area (Å²) in [6.07, 6.45) is 1.79. The van der Waals surface area contributed by atoms with E-state index in [-0.39, 0.29) is 25.4 Å². The third kappa shape index (κ3) is 3.87. The van der Waals surface area contributed by atoms with E-state index in [9.17, 15) is 0 Å². The van der Waals surface area contributed by atoms with Gasteiger partial charge in [0.15, 0.2) is 0 Å². The number of hydrogen-bond acceptors (Lipinski definition) is 4. The zero-order chi connectivity index (χ0) is 9.68. The van der Waals surface area contributed by atoms with Gasteiger partial charge in [-0.2, -0.15) is 0 Å². The van der Waals surface area contributed by atoms with Crippen molar-refractivity contribution < 1.29 is 19.7 Å².